The van der Waals surface area contributed by atoms with Crippen molar-refractivity contribution >= 4 is 5.91 Å². The van der Waals surface area contributed by atoms with E-state index in [0.29, 0.717) is 29.3 Å². The molecule has 3 aromatic rings. The average Bonchev–Trinajstić information content (AvgIpc) is 3.14. The third kappa shape index (κ3) is 5.17. The van der Waals surface area contributed by atoms with Crippen molar-refractivity contribution in [2.75, 3.05) is 27.3 Å². The van der Waals surface area contributed by atoms with E-state index in [-0.39, 0.29) is 18.2 Å². The Morgan fingerprint density at radius 2 is 1.81 bits per heavy atom. The maximum absolute atomic E-state index is 13.0. The highest BCUT2D eigenvalue weighted by atomic mass is 19.4. The van der Waals surface area contributed by atoms with Crippen LogP contribution in [0.5, 0.6) is 11.5 Å². The van der Waals surface area contributed by atoms with Gasteiger partial charge in [0, 0.05) is 7.05 Å². The fourth-order valence-electron chi connectivity index (χ4n) is 2.97. The van der Waals surface area contributed by atoms with Crippen molar-refractivity contribution in [3.05, 3.63) is 71.5 Å². The van der Waals surface area contributed by atoms with Crippen LogP contribution >= 0.6 is 0 Å². The molecule has 0 aliphatic carbocycles. The number of benzene rings is 2. The maximum Gasteiger partial charge on any atom is 0.416 e. The lowest BCUT2D eigenvalue weighted by atomic mass is 10.2. The Labute approximate surface area is 177 Å². The number of ether oxygens (including phenoxy) is 2. The van der Waals surface area contributed by atoms with Crippen LogP contribution in [-0.2, 0) is 6.18 Å². The molecule has 0 aliphatic rings. The molecule has 0 unspecified atom stereocenters. The van der Waals surface area contributed by atoms with Gasteiger partial charge >= 0.3 is 6.18 Å². The summed E-state index contributed by atoms with van der Waals surface area (Å²) in [5.74, 6) is 1.07. The van der Waals surface area contributed by atoms with E-state index in [4.69, 9.17) is 9.47 Å². The molecular formula is C22H22F3N3O3. The molecule has 1 amide bonds. The Balaban J connectivity index is 1.66. The molecule has 2 aromatic carbocycles. The molecule has 1 aromatic heterocycles. The van der Waals surface area contributed by atoms with Crippen molar-refractivity contribution in [1.29, 1.82) is 0 Å². The fourth-order valence-corrected chi connectivity index (χ4v) is 2.97. The lowest BCUT2D eigenvalue weighted by molar-refractivity contribution is -0.137. The smallest absolute Gasteiger partial charge is 0.416 e. The number of amides is 1. The number of likely N-dealkylation sites (N-methyl/N-ethyl adjacent to an activating group) is 1. The van der Waals surface area contributed by atoms with Crippen molar-refractivity contribution < 1.29 is 27.4 Å². The van der Waals surface area contributed by atoms with E-state index in [0.717, 1.165) is 12.1 Å². The SMILES string of the molecule is COc1ccc(OCCN(C)C(=O)c2cnn(-c3cccc(C(F)(F)F)c3)c2C)cc1. The molecule has 0 saturated carbocycles. The third-order valence-corrected chi connectivity index (χ3v) is 4.76. The molecule has 0 bridgehead atoms. The molecule has 0 atom stereocenters. The van der Waals surface area contributed by atoms with E-state index in [9.17, 15) is 18.0 Å². The molecule has 0 fully saturated rings. The van der Waals surface area contributed by atoms with Crippen molar-refractivity contribution in [2.45, 2.75) is 13.1 Å². The molecule has 31 heavy (non-hydrogen) atoms. The number of halogens is 3. The van der Waals surface area contributed by atoms with Gasteiger partial charge in [0.2, 0.25) is 0 Å². The summed E-state index contributed by atoms with van der Waals surface area (Å²) >= 11 is 0. The monoisotopic (exact) mass is 433 g/mol. The standard InChI is InChI=1S/C22H22F3N3O3/c1-15-20(14-26-28(15)17-6-4-5-16(13-17)22(23,24)25)21(29)27(2)11-12-31-19-9-7-18(30-3)8-10-19/h4-10,13-14H,11-12H2,1-3H3. The number of nitrogens with zero attached hydrogens (tertiary/aromatic N) is 3. The van der Waals surface area contributed by atoms with Crippen LogP contribution in [0.1, 0.15) is 21.6 Å². The first-order chi connectivity index (χ1) is 14.7. The number of hydrogen-bond donors (Lipinski definition) is 0. The van der Waals surface area contributed by atoms with Crippen LogP contribution in [0.3, 0.4) is 0 Å². The Morgan fingerprint density at radius 3 is 2.45 bits per heavy atom. The number of hydrogen-bond acceptors (Lipinski definition) is 4. The highest BCUT2D eigenvalue weighted by Gasteiger charge is 2.31. The zero-order valence-corrected chi connectivity index (χ0v) is 17.3. The van der Waals surface area contributed by atoms with E-state index in [1.807, 2.05) is 0 Å². The number of rotatable bonds is 7. The molecule has 3 rings (SSSR count). The van der Waals surface area contributed by atoms with Crippen LogP contribution in [-0.4, -0.2) is 47.9 Å². The zero-order chi connectivity index (χ0) is 22.6. The number of carbonyl (C=O) groups excluding carboxylic acids is 1. The van der Waals surface area contributed by atoms with Gasteiger partial charge in [-0.05, 0) is 49.4 Å². The molecule has 0 saturated heterocycles. The second kappa shape index (κ2) is 9.11. The first-order valence-electron chi connectivity index (χ1n) is 9.45. The minimum Gasteiger partial charge on any atom is -0.497 e. The van der Waals surface area contributed by atoms with Crippen LogP contribution in [0.4, 0.5) is 13.2 Å². The van der Waals surface area contributed by atoms with E-state index in [2.05, 4.69) is 5.10 Å². The largest absolute Gasteiger partial charge is 0.497 e. The van der Waals surface area contributed by atoms with Gasteiger partial charge in [0.25, 0.3) is 5.91 Å². The van der Waals surface area contributed by atoms with Crippen LogP contribution in [0.25, 0.3) is 5.69 Å². The number of aromatic nitrogens is 2. The molecular weight excluding hydrogens is 411 g/mol. The van der Waals surface area contributed by atoms with E-state index >= 15 is 0 Å². The molecule has 0 N–H and O–H groups in total. The number of methoxy groups -OCH3 is 1. The minimum absolute atomic E-state index is 0.233. The molecule has 9 heteroatoms. The van der Waals surface area contributed by atoms with Crippen LogP contribution in [0.2, 0.25) is 0 Å². The van der Waals surface area contributed by atoms with Gasteiger partial charge in [0.15, 0.2) is 0 Å². The van der Waals surface area contributed by atoms with Gasteiger partial charge in [-0.3, -0.25) is 4.79 Å². The van der Waals surface area contributed by atoms with E-state index in [1.54, 1.807) is 45.3 Å². The minimum atomic E-state index is -4.46. The molecule has 0 spiro atoms. The third-order valence-electron chi connectivity index (χ3n) is 4.76. The Morgan fingerprint density at radius 1 is 1.13 bits per heavy atom. The Hall–Kier alpha value is -3.49. The van der Waals surface area contributed by atoms with Crippen molar-refractivity contribution in [2.24, 2.45) is 0 Å². The first-order valence-corrected chi connectivity index (χ1v) is 9.45. The lowest BCUT2D eigenvalue weighted by Gasteiger charge is -2.17. The van der Waals surface area contributed by atoms with Gasteiger partial charge in [0.05, 0.1) is 42.4 Å². The van der Waals surface area contributed by atoms with Crippen LogP contribution < -0.4 is 9.47 Å². The van der Waals surface area contributed by atoms with Gasteiger partial charge in [-0.1, -0.05) is 6.07 Å². The average molecular weight is 433 g/mol. The number of alkyl halides is 3. The molecule has 1 heterocycles. The predicted molar refractivity (Wildman–Crippen MR) is 109 cm³/mol. The maximum atomic E-state index is 13.0. The summed E-state index contributed by atoms with van der Waals surface area (Å²) < 4.78 is 51.0. The summed E-state index contributed by atoms with van der Waals surface area (Å²) in [7, 11) is 3.20. The van der Waals surface area contributed by atoms with Crippen molar-refractivity contribution in [3.63, 3.8) is 0 Å². The highest BCUT2D eigenvalue weighted by Crippen LogP contribution is 2.30. The normalized spacial score (nSPS) is 11.3. The molecule has 164 valence electrons. The topological polar surface area (TPSA) is 56.6 Å². The molecule has 0 aliphatic heterocycles. The summed E-state index contributed by atoms with van der Waals surface area (Å²) in [5, 5.41) is 4.12. The Kier molecular flexibility index (Phi) is 6.53. The van der Waals surface area contributed by atoms with Gasteiger partial charge in [-0.25, -0.2) is 4.68 Å². The van der Waals surface area contributed by atoms with Crippen LogP contribution in [0.15, 0.2) is 54.7 Å². The van der Waals surface area contributed by atoms with Gasteiger partial charge in [0.1, 0.15) is 18.1 Å². The fraction of sp³-hybridized carbons (Fsp3) is 0.273. The summed E-state index contributed by atoms with van der Waals surface area (Å²) in [6, 6.07) is 11.9. The van der Waals surface area contributed by atoms with E-state index < -0.39 is 11.7 Å². The Bertz CT molecular complexity index is 1050. The second-order valence-electron chi connectivity index (χ2n) is 6.85. The van der Waals surface area contributed by atoms with E-state index in [1.165, 1.54) is 27.9 Å². The second-order valence-corrected chi connectivity index (χ2v) is 6.85. The van der Waals surface area contributed by atoms with Crippen molar-refractivity contribution in [1.82, 2.24) is 14.7 Å². The number of carbonyl (C=O) groups is 1. The van der Waals surface area contributed by atoms with Crippen LogP contribution in [0, 0.1) is 6.92 Å². The molecule has 0 radical (unpaired) electrons. The first kappa shape index (κ1) is 22.2. The summed E-state index contributed by atoms with van der Waals surface area (Å²) in [6.07, 6.45) is -3.10. The molecule has 6 nitrogen and oxygen atoms in total. The van der Waals surface area contributed by atoms with Gasteiger partial charge < -0.3 is 14.4 Å². The van der Waals surface area contributed by atoms with Crippen molar-refractivity contribution in [3.8, 4) is 17.2 Å². The zero-order valence-electron chi connectivity index (χ0n) is 17.3. The summed E-state index contributed by atoms with van der Waals surface area (Å²) in [6.45, 7) is 2.23. The summed E-state index contributed by atoms with van der Waals surface area (Å²) in [5.41, 5.74) is 0.217. The quantitative estimate of drug-likeness (QED) is 0.556. The van der Waals surface area contributed by atoms with Gasteiger partial charge in [-0.2, -0.15) is 18.3 Å². The van der Waals surface area contributed by atoms with Gasteiger partial charge in [-0.15, -0.1) is 0 Å². The lowest BCUT2D eigenvalue weighted by Crippen LogP contribution is -2.31. The predicted octanol–water partition coefficient (Wildman–Crippen LogP) is 4.36. The highest BCUT2D eigenvalue weighted by molar-refractivity contribution is 5.95. The summed E-state index contributed by atoms with van der Waals surface area (Å²) in [4.78, 5) is 14.3.